The summed E-state index contributed by atoms with van der Waals surface area (Å²) in [6.45, 7) is -0.335. The molecule has 3 rings (SSSR count). The molecule has 1 saturated heterocycles. The van der Waals surface area contributed by atoms with Crippen LogP contribution in [-0.2, 0) is 4.74 Å². The highest BCUT2D eigenvalue weighted by Gasteiger charge is 2.37. The fourth-order valence-corrected chi connectivity index (χ4v) is 3.00. The Kier molecular flexibility index (Phi) is 3.58. The lowest BCUT2D eigenvalue weighted by atomic mass is 10.2. The Morgan fingerprint density at radius 3 is 2.86 bits per heavy atom. The van der Waals surface area contributed by atoms with Crippen LogP contribution in [0.1, 0.15) is 12.6 Å². The van der Waals surface area contributed by atoms with E-state index in [1.54, 1.807) is 0 Å². The molecule has 0 aromatic carbocycles. The molecule has 21 heavy (non-hydrogen) atoms. The van der Waals surface area contributed by atoms with Crippen molar-refractivity contribution in [2.24, 2.45) is 0 Å². The molecule has 5 N–H and O–H groups in total. The van der Waals surface area contributed by atoms with E-state index in [1.165, 1.54) is 4.57 Å². The first-order chi connectivity index (χ1) is 9.93. The number of nitrogens with zero attached hydrogens (tertiary/aromatic N) is 2. The third kappa shape index (κ3) is 2.19. The highest BCUT2D eigenvalue weighted by atomic mass is 35.5. The standard InChI is InChI=1S/C11H12Cl2N4O4/c12-7-6-9(15-11(14)16-10(6)20)17(8(7)13)5-1-3(19)4(2-18)21-5/h3-5,18-19H,1-2H2,(H3,14,15,16,20)/t3-,4+,5-/m0/s1. The molecule has 0 saturated carbocycles. The van der Waals surface area contributed by atoms with E-state index in [0.717, 1.165) is 0 Å². The van der Waals surface area contributed by atoms with Crippen LogP contribution < -0.4 is 11.3 Å². The Morgan fingerprint density at radius 1 is 1.52 bits per heavy atom. The third-order valence-corrected chi connectivity index (χ3v) is 4.27. The van der Waals surface area contributed by atoms with Gasteiger partial charge in [-0.15, -0.1) is 0 Å². The van der Waals surface area contributed by atoms with Crippen molar-refractivity contribution in [3.05, 3.63) is 20.5 Å². The fourth-order valence-electron chi connectivity index (χ4n) is 2.45. The second-order valence-corrected chi connectivity index (χ2v) is 5.48. The van der Waals surface area contributed by atoms with Gasteiger partial charge in [0.2, 0.25) is 5.95 Å². The van der Waals surface area contributed by atoms with Crippen molar-refractivity contribution < 1.29 is 14.9 Å². The van der Waals surface area contributed by atoms with Gasteiger partial charge in [0.25, 0.3) is 5.56 Å². The summed E-state index contributed by atoms with van der Waals surface area (Å²) in [6.07, 6.45) is -2.11. The average Bonchev–Trinajstić information content (AvgIpc) is 2.89. The first-order valence-electron chi connectivity index (χ1n) is 6.13. The van der Waals surface area contributed by atoms with Crippen LogP contribution in [0.5, 0.6) is 0 Å². The molecule has 0 aliphatic carbocycles. The van der Waals surface area contributed by atoms with Crippen LogP contribution in [0, 0.1) is 0 Å². The molecule has 1 aliphatic heterocycles. The fraction of sp³-hybridized carbons (Fsp3) is 0.455. The summed E-state index contributed by atoms with van der Waals surface area (Å²) >= 11 is 12.2. The molecular weight excluding hydrogens is 323 g/mol. The zero-order valence-corrected chi connectivity index (χ0v) is 12.1. The lowest BCUT2D eigenvalue weighted by Gasteiger charge is -2.15. The molecule has 1 aliphatic rings. The molecule has 10 heteroatoms. The van der Waals surface area contributed by atoms with E-state index in [-0.39, 0.29) is 40.2 Å². The number of nitrogens with two attached hydrogens (primary N) is 1. The summed E-state index contributed by atoms with van der Waals surface area (Å²) in [6, 6.07) is 0. The molecule has 3 atom stereocenters. The number of aromatic nitrogens is 3. The summed E-state index contributed by atoms with van der Waals surface area (Å²) in [5.41, 5.74) is 5.19. The van der Waals surface area contributed by atoms with Crippen LogP contribution >= 0.6 is 23.2 Å². The maximum absolute atomic E-state index is 11.9. The first-order valence-corrected chi connectivity index (χ1v) is 6.88. The molecule has 2 aromatic heterocycles. The molecule has 8 nitrogen and oxygen atoms in total. The molecule has 3 heterocycles. The average molecular weight is 335 g/mol. The van der Waals surface area contributed by atoms with Crippen molar-refractivity contribution in [1.29, 1.82) is 0 Å². The number of H-pyrrole nitrogens is 1. The molecule has 0 unspecified atom stereocenters. The Hall–Kier alpha value is -1.32. The van der Waals surface area contributed by atoms with Crippen molar-refractivity contribution in [2.45, 2.75) is 24.9 Å². The zero-order chi connectivity index (χ0) is 15.3. The van der Waals surface area contributed by atoms with Crippen LogP contribution in [0.15, 0.2) is 4.79 Å². The maximum atomic E-state index is 11.9. The molecule has 0 amide bonds. The van der Waals surface area contributed by atoms with E-state index in [1.807, 2.05) is 0 Å². The highest BCUT2D eigenvalue weighted by molar-refractivity contribution is 6.45. The number of ether oxygens (including phenoxy) is 1. The van der Waals surface area contributed by atoms with Crippen LogP contribution in [-0.4, -0.2) is 43.6 Å². The van der Waals surface area contributed by atoms with E-state index in [9.17, 15) is 9.90 Å². The second-order valence-electron chi connectivity index (χ2n) is 4.74. The highest BCUT2D eigenvalue weighted by Crippen LogP contribution is 2.39. The molecule has 1 fully saturated rings. The van der Waals surface area contributed by atoms with Gasteiger partial charge in [-0.25, -0.2) is 0 Å². The predicted molar refractivity (Wildman–Crippen MR) is 76.4 cm³/mol. The number of aliphatic hydroxyl groups excluding tert-OH is 2. The van der Waals surface area contributed by atoms with Gasteiger partial charge in [-0.3, -0.25) is 14.3 Å². The van der Waals surface area contributed by atoms with Gasteiger partial charge < -0.3 is 20.7 Å². The molecule has 114 valence electrons. The molecule has 0 spiro atoms. The predicted octanol–water partition coefficient (Wildman–Crippen LogP) is 0.254. The van der Waals surface area contributed by atoms with Gasteiger partial charge in [0.15, 0.2) is 5.65 Å². The largest absolute Gasteiger partial charge is 0.394 e. The van der Waals surface area contributed by atoms with Gasteiger partial charge in [-0.2, -0.15) is 4.98 Å². The zero-order valence-electron chi connectivity index (χ0n) is 10.6. The quantitative estimate of drug-likeness (QED) is 0.623. The Balaban J connectivity index is 2.20. The lowest BCUT2D eigenvalue weighted by Crippen LogP contribution is -2.24. The van der Waals surface area contributed by atoms with E-state index in [0.29, 0.717) is 0 Å². The van der Waals surface area contributed by atoms with E-state index in [2.05, 4.69) is 9.97 Å². The number of aliphatic hydroxyl groups is 2. The third-order valence-electron chi connectivity index (χ3n) is 3.43. The van der Waals surface area contributed by atoms with Crippen molar-refractivity contribution in [2.75, 3.05) is 12.3 Å². The minimum absolute atomic E-state index is 0.0333. The number of rotatable bonds is 2. The summed E-state index contributed by atoms with van der Waals surface area (Å²) in [5, 5.41) is 19.1. The monoisotopic (exact) mass is 334 g/mol. The Morgan fingerprint density at radius 2 is 2.24 bits per heavy atom. The Labute approximate surface area is 128 Å². The Bertz CT molecular complexity index is 759. The number of nitrogen functional groups attached to an aromatic ring is 1. The maximum Gasteiger partial charge on any atom is 0.263 e. The smallest absolute Gasteiger partial charge is 0.263 e. The van der Waals surface area contributed by atoms with E-state index >= 15 is 0 Å². The van der Waals surface area contributed by atoms with Crippen LogP contribution in [0.25, 0.3) is 11.0 Å². The van der Waals surface area contributed by atoms with Gasteiger partial charge >= 0.3 is 0 Å². The van der Waals surface area contributed by atoms with Crippen molar-refractivity contribution in [1.82, 2.24) is 14.5 Å². The van der Waals surface area contributed by atoms with Gasteiger partial charge in [0.1, 0.15) is 22.9 Å². The number of anilines is 1. The van der Waals surface area contributed by atoms with E-state index in [4.69, 9.17) is 38.8 Å². The topological polar surface area (TPSA) is 126 Å². The van der Waals surface area contributed by atoms with Crippen molar-refractivity contribution in [3.8, 4) is 0 Å². The molecule has 0 radical (unpaired) electrons. The normalized spacial score (nSPS) is 25.8. The number of hydrogen-bond acceptors (Lipinski definition) is 6. The number of aromatic amines is 1. The number of halogens is 2. The van der Waals surface area contributed by atoms with Gasteiger partial charge in [0.05, 0.1) is 17.7 Å². The van der Waals surface area contributed by atoms with E-state index < -0.39 is 24.0 Å². The summed E-state index contributed by atoms with van der Waals surface area (Å²) in [5.74, 6) is -0.0863. The summed E-state index contributed by atoms with van der Waals surface area (Å²) in [7, 11) is 0. The van der Waals surface area contributed by atoms with Gasteiger partial charge in [0, 0.05) is 6.42 Å². The number of hydrogen-bond donors (Lipinski definition) is 4. The molecular formula is C11H12Cl2N4O4. The van der Waals surface area contributed by atoms with Crippen molar-refractivity contribution in [3.63, 3.8) is 0 Å². The molecule has 2 aromatic rings. The second kappa shape index (κ2) is 5.15. The minimum Gasteiger partial charge on any atom is -0.394 e. The van der Waals surface area contributed by atoms with Crippen molar-refractivity contribution >= 4 is 40.2 Å². The minimum atomic E-state index is -0.855. The number of fused-ring (bicyclic) bond motifs is 1. The van der Waals surface area contributed by atoms with Gasteiger partial charge in [-0.1, -0.05) is 23.2 Å². The van der Waals surface area contributed by atoms with Crippen LogP contribution in [0.3, 0.4) is 0 Å². The summed E-state index contributed by atoms with van der Waals surface area (Å²) in [4.78, 5) is 18.3. The van der Waals surface area contributed by atoms with Crippen LogP contribution in [0.2, 0.25) is 10.2 Å². The number of nitrogens with one attached hydrogen (secondary N) is 1. The first kappa shape index (κ1) is 14.6. The van der Waals surface area contributed by atoms with Crippen LogP contribution in [0.4, 0.5) is 5.95 Å². The lowest BCUT2D eigenvalue weighted by molar-refractivity contribution is -0.0429. The van der Waals surface area contributed by atoms with Gasteiger partial charge in [-0.05, 0) is 0 Å². The SMILES string of the molecule is Nc1nc2c(c(Cl)c(Cl)n2[C@@H]2C[C@H](O)[C@@H](CO)O2)c(=O)[nH]1. The molecule has 0 bridgehead atoms. The summed E-state index contributed by atoms with van der Waals surface area (Å²) < 4.78 is 6.91.